The Labute approximate surface area is 117 Å². The standard InChI is InChI=1S/C16H28O3/c1-4-5-6-9-16(2,3)15(17)18-11-12-7-8-13-14(10-12)19-13/h12-14H,4-11H2,1-3H3. The van der Waals surface area contributed by atoms with Crippen molar-refractivity contribution in [1.29, 1.82) is 0 Å². The molecule has 0 spiro atoms. The van der Waals surface area contributed by atoms with Crippen molar-refractivity contribution in [2.45, 2.75) is 77.9 Å². The molecule has 3 nitrogen and oxygen atoms in total. The Balaban J connectivity index is 1.67. The van der Waals surface area contributed by atoms with Crippen molar-refractivity contribution in [2.24, 2.45) is 11.3 Å². The Bertz CT molecular complexity index is 311. The lowest BCUT2D eigenvalue weighted by Crippen LogP contribution is -2.29. The van der Waals surface area contributed by atoms with E-state index in [0.717, 1.165) is 32.1 Å². The molecule has 1 heterocycles. The highest BCUT2D eigenvalue weighted by atomic mass is 16.6. The largest absolute Gasteiger partial charge is 0.465 e. The number of rotatable bonds is 7. The minimum Gasteiger partial charge on any atom is -0.465 e. The van der Waals surface area contributed by atoms with Gasteiger partial charge in [0, 0.05) is 0 Å². The molecular formula is C16H28O3. The predicted octanol–water partition coefficient (Wildman–Crippen LogP) is 3.70. The van der Waals surface area contributed by atoms with E-state index in [1.807, 2.05) is 13.8 Å². The molecule has 1 aliphatic carbocycles. The van der Waals surface area contributed by atoms with Crippen molar-refractivity contribution in [2.75, 3.05) is 6.61 Å². The number of fused-ring (bicyclic) bond motifs is 1. The van der Waals surface area contributed by atoms with E-state index in [4.69, 9.17) is 9.47 Å². The molecule has 0 radical (unpaired) electrons. The smallest absolute Gasteiger partial charge is 0.311 e. The number of epoxide rings is 1. The molecule has 1 saturated heterocycles. The maximum absolute atomic E-state index is 12.1. The number of carbonyl (C=O) groups is 1. The second kappa shape index (κ2) is 6.25. The van der Waals surface area contributed by atoms with E-state index in [1.54, 1.807) is 0 Å². The van der Waals surface area contributed by atoms with E-state index < -0.39 is 0 Å². The first-order valence-corrected chi connectivity index (χ1v) is 7.85. The van der Waals surface area contributed by atoms with Crippen LogP contribution in [-0.4, -0.2) is 24.8 Å². The summed E-state index contributed by atoms with van der Waals surface area (Å²) in [4.78, 5) is 12.1. The first kappa shape index (κ1) is 14.8. The van der Waals surface area contributed by atoms with Gasteiger partial charge in [0.1, 0.15) is 0 Å². The lowest BCUT2D eigenvalue weighted by Gasteiger charge is -2.25. The minimum atomic E-state index is -0.331. The zero-order valence-corrected chi connectivity index (χ0v) is 12.6. The Morgan fingerprint density at radius 1 is 1.26 bits per heavy atom. The molecule has 19 heavy (non-hydrogen) atoms. The Morgan fingerprint density at radius 2 is 2.05 bits per heavy atom. The van der Waals surface area contributed by atoms with Crippen LogP contribution in [0.2, 0.25) is 0 Å². The van der Waals surface area contributed by atoms with Crippen molar-refractivity contribution >= 4 is 5.97 Å². The van der Waals surface area contributed by atoms with Crippen LogP contribution >= 0.6 is 0 Å². The monoisotopic (exact) mass is 268 g/mol. The minimum absolute atomic E-state index is 0.0255. The summed E-state index contributed by atoms with van der Waals surface area (Å²) in [6.07, 6.45) is 8.78. The Morgan fingerprint density at radius 3 is 2.74 bits per heavy atom. The van der Waals surface area contributed by atoms with E-state index in [2.05, 4.69) is 6.92 Å². The van der Waals surface area contributed by atoms with Gasteiger partial charge in [0.2, 0.25) is 0 Å². The van der Waals surface area contributed by atoms with Gasteiger partial charge in [0.15, 0.2) is 0 Å². The van der Waals surface area contributed by atoms with Crippen LogP contribution in [0.15, 0.2) is 0 Å². The topological polar surface area (TPSA) is 38.8 Å². The molecule has 3 atom stereocenters. The zero-order chi connectivity index (χ0) is 13.9. The number of carbonyl (C=O) groups excluding carboxylic acids is 1. The number of hydrogen-bond acceptors (Lipinski definition) is 3. The lowest BCUT2D eigenvalue weighted by molar-refractivity contribution is -0.156. The first-order valence-electron chi connectivity index (χ1n) is 7.85. The fourth-order valence-corrected chi connectivity index (χ4v) is 2.95. The molecule has 0 aromatic rings. The lowest BCUT2D eigenvalue weighted by atomic mass is 9.86. The summed E-state index contributed by atoms with van der Waals surface area (Å²) >= 11 is 0. The Hall–Kier alpha value is -0.570. The van der Waals surface area contributed by atoms with Crippen LogP contribution in [0, 0.1) is 11.3 Å². The molecular weight excluding hydrogens is 240 g/mol. The highest BCUT2D eigenvalue weighted by molar-refractivity contribution is 5.75. The van der Waals surface area contributed by atoms with Crippen LogP contribution in [0.1, 0.15) is 65.7 Å². The molecule has 1 aliphatic heterocycles. The van der Waals surface area contributed by atoms with Crippen molar-refractivity contribution in [1.82, 2.24) is 0 Å². The fourth-order valence-electron chi connectivity index (χ4n) is 2.95. The third-order valence-corrected chi connectivity index (χ3v) is 4.52. The third kappa shape index (κ3) is 4.20. The molecule has 0 amide bonds. The molecule has 0 aromatic heterocycles. The predicted molar refractivity (Wildman–Crippen MR) is 74.9 cm³/mol. The van der Waals surface area contributed by atoms with Crippen LogP contribution in [-0.2, 0) is 14.3 Å². The normalized spacial score (nSPS) is 29.7. The van der Waals surface area contributed by atoms with Gasteiger partial charge in [-0.2, -0.15) is 0 Å². The van der Waals surface area contributed by atoms with E-state index in [0.29, 0.717) is 24.7 Å². The van der Waals surface area contributed by atoms with E-state index in [1.165, 1.54) is 12.8 Å². The second-order valence-electron chi connectivity index (χ2n) is 6.83. The molecule has 0 N–H and O–H groups in total. The average Bonchev–Trinajstić information content (AvgIpc) is 3.14. The quantitative estimate of drug-likeness (QED) is 0.401. The number of ether oxygens (including phenoxy) is 2. The molecule has 3 unspecified atom stereocenters. The molecule has 0 bridgehead atoms. The third-order valence-electron chi connectivity index (χ3n) is 4.52. The summed E-state index contributed by atoms with van der Waals surface area (Å²) in [7, 11) is 0. The molecule has 0 aromatic carbocycles. The van der Waals surface area contributed by atoms with E-state index >= 15 is 0 Å². The molecule has 2 fully saturated rings. The molecule has 2 aliphatic rings. The van der Waals surface area contributed by atoms with Crippen LogP contribution in [0.25, 0.3) is 0 Å². The number of hydrogen-bond donors (Lipinski definition) is 0. The summed E-state index contributed by atoms with van der Waals surface area (Å²) in [5, 5.41) is 0. The van der Waals surface area contributed by atoms with Crippen molar-refractivity contribution < 1.29 is 14.3 Å². The number of unbranched alkanes of at least 4 members (excludes halogenated alkanes) is 2. The van der Waals surface area contributed by atoms with Crippen molar-refractivity contribution in [3.63, 3.8) is 0 Å². The highest BCUT2D eigenvalue weighted by Crippen LogP contribution is 2.39. The van der Waals surface area contributed by atoms with Crippen LogP contribution in [0.5, 0.6) is 0 Å². The summed E-state index contributed by atoms with van der Waals surface area (Å²) in [5.41, 5.74) is -0.331. The van der Waals surface area contributed by atoms with Crippen molar-refractivity contribution in [3.8, 4) is 0 Å². The summed E-state index contributed by atoms with van der Waals surface area (Å²) in [5.74, 6) is 0.488. The van der Waals surface area contributed by atoms with Gasteiger partial charge in [-0.15, -0.1) is 0 Å². The van der Waals surface area contributed by atoms with Gasteiger partial charge in [-0.3, -0.25) is 4.79 Å². The maximum atomic E-state index is 12.1. The van der Waals surface area contributed by atoms with Gasteiger partial charge in [0.25, 0.3) is 0 Å². The molecule has 110 valence electrons. The van der Waals surface area contributed by atoms with Crippen LogP contribution in [0.3, 0.4) is 0 Å². The SMILES string of the molecule is CCCCCC(C)(C)C(=O)OCC1CCC2OC2C1. The fraction of sp³-hybridized carbons (Fsp3) is 0.938. The van der Waals surface area contributed by atoms with Gasteiger partial charge in [0.05, 0.1) is 24.2 Å². The zero-order valence-electron chi connectivity index (χ0n) is 12.6. The first-order chi connectivity index (χ1) is 9.03. The van der Waals surface area contributed by atoms with Crippen molar-refractivity contribution in [3.05, 3.63) is 0 Å². The van der Waals surface area contributed by atoms with Gasteiger partial charge in [-0.05, 0) is 45.4 Å². The second-order valence-corrected chi connectivity index (χ2v) is 6.83. The Kier molecular flexibility index (Phi) is 4.88. The maximum Gasteiger partial charge on any atom is 0.311 e. The molecule has 2 rings (SSSR count). The van der Waals surface area contributed by atoms with Crippen LogP contribution < -0.4 is 0 Å². The molecule has 3 heteroatoms. The van der Waals surface area contributed by atoms with Gasteiger partial charge < -0.3 is 9.47 Å². The number of esters is 1. The van der Waals surface area contributed by atoms with Gasteiger partial charge in [-0.25, -0.2) is 0 Å². The molecule has 1 saturated carbocycles. The summed E-state index contributed by atoms with van der Waals surface area (Å²) in [6.45, 7) is 6.78. The van der Waals surface area contributed by atoms with Crippen LogP contribution in [0.4, 0.5) is 0 Å². The van der Waals surface area contributed by atoms with Gasteiger partial charge in [-0.1, -0.05) is 26.2 Å². The summed E-state index contributed by atoms with van der Waals surface area (Å²) < 4.78 is 11.1. The van der Waals surface area contributed by atoms with Gasteiger partial charge >= 0.3 is 5.97 Å². The average molecular weight is 268 g/mol. The van der Waals surface area contributed by atoms with E-state index in [-0.39, 0.29) is 11.4 Å². The van der Waals surface area contributed by atoms with E-state index in [9.17, 15) is 4.79 Å². The highest BCUT2D eigenvalue weighted by Gasteiger charge is 2.44. The summed E-state index contributed by atoms with van der Waals surface area (Å²) in [6, 6.07) is 0.